The molecule has 4 aromatic rings. The standard InChI is InChI=1S/C38H33N3O5/c1-21-12-15-24(16-13-21)39-41-35(44)30-20-29-26(18-19-27-31(29)36(45)40(2)34(27)43)32(38(30,37(41)46)23-9-4-3-5-10-23)28-17-14-22-8-6-7-11-25(22)33(28)42/h3-18,27,29-32,39,42H,19-20H2,1-2H3/t27-,29+,30-,31-,32+,38+/m0/s1. The maximum Gasteiger partial charge on any atom is 0.260 e. The Labute approximate surface area is 266 Å². The highest BCUT2D eigenvalue weighted by atomic mass is 16.3. The van der Waals surface area contributed by atoms with Crippen LogP contribution in [0.3, 0.4) is 0 Å². The molecule has 8 rings (SSSR count). The molecule has 2 saturated heterocycles. The lowest BCUT2D eigenvalue weighted by Crippen LogP contribution is -2.53. The number of hydrogen-bond donors (Lipinski definition) is 2. The van der Waals surface area contributed by atoms with E-state index in [1.807, 2.05) is 104 Å². The molecule has 3 fully saturated rings. The van der Waals surface area contributed by atoms with E-state index in [4.69, 9.17) is 0 Å². The number of phenols is 1. The minimum Gasteiger partial charge on any atom is -0.507 e. The maximum absolute atomic E-state index is 15.2. The van der Waals surface area contributed by atoms with Gasteiger partial charge in [-0.05, 0) is 48.8 Å². The van der Waals surface area contributed by atoms with Crippen LogP contribution < -0.4 is 5.43 Å². The molecular weight excluding hydrogens is 578 g/mol. The number of phenolic OH excluding ortho intramolecular Hbond substituents is 1. The molecule has 6 atom stereocenters. The number of anilines is 1. The summed E-state index contributed by atoms with van der Waals surface area (Å²) in [5.41, 5.74) is 5.31. The second-order valence-electron chi connectivity index (χ2n) is 13.1. The summed E-state index contributed by atoms with van der Waals surface area (Å²) < 4.78 is 0. The van der Waals surface area contributed by atoms with E-state index >= 15 is 4.79 Å². The van der Waals surface area contributed by atoms with E-state index in [9.17, 15) is 19.5 Å². The number of imide groups is 2. The van der Waals surface area contributed by atoms with Gasteiger partial charge < -0.3 is 5.11 Å². The second-order valence-corrected chi connectivity index (χ2v) is 13.1. The fraction of sp³-hybridized carbons (Fsp3) is 0.263. The third-order valence-corrected chi connectivity index (χ3v) is 10.9. The van der Waals surface area contributed by atoms with Gasteiger partial charge in [-0.25, -0.2) is 0 Å². The Morgan fingerprint density at radius 1 is 0.804 bits per heavy atom. The highest BCUT2D eigenvalue weighted by Gasteiger charge is 2.70. The van der Waals surface area contributed by atoms with Crippen molar-refractivity contribution in [3.8, 4) is 5.75 Å². The number of fused-ring (bicyclic) bond motifs is 5. The molecule has 0 unspecified atom stereocenters. The largest absolute Gasteiger partial charge is 0.507 e. The molecule has 0 bridgehead atoms. The first-order valence-corrected chi connectivity index (χ1v) is 15.7. The minimum absolute atomic E-state index is 0.0389. The normalized spacial score (nSPS) is 28.7. The number of amides is 4. The summed E-state index contributed by atoms with van der Waals surface area (Å²) in [5.74, 6) is -4.52. The Balaban J connectivity index is 1.39. The van der Waals surface area contributed by atoms with Crippen LogP contribution in [0.25, 0.3) is 10.8 Å². The second kappa shape index (κ2) is 10.1. The van der Waals surface area contributed by atoms with Gasteiger partial charge in [0.1, 0.15) is 5.75 Å². The highest BCUT2D eigenvalue weighted by Crippen LogP contribution is 2.65. The predicted octanol–water partition coefficient (Wildman–Crippen LogP) is 5.47. The van der Waals surface area contributed by atoms with Crippen molar-refractivity contribution < 1.29 is 24.3 Å². The Morgan fingerprint density at radius 3 is 2.28 bits per heavy atom. The van der Waals surface area contributed by atoms with Gasteiger partial charge in [-0.15, -0.1) is 0 Å². The lowest BCUT2D eigenvalue weighted by Gasteiger charge is -2.50. The van der Waals surface area contributed by atoms with Crippen LogP contribution in [-0.4, -0.2) is 45.7 Å². The summed E-state index contributed by atoms with van der Waals surface area (Å²) in [4.78, 5) is 57.9. The number of hydrazine groups is 1. The molecule has 1 saturated carbocycles. The molecule has 0 spiro atoms. The lowest BCUT2D eigenvalue weighted by molar-refractivity contribution is -0.140. The summed E-state index contributed by atoms with van der Waals surface area (Å²) in [7, 11) is 1.52. The quantitative estimate of drug-likeness (QED) is 0.234. The Morgan fingerprint density at radius 2 is 1.52 bits per heavy atom. The zero-order valence-corrected chi connectivity index (χ0v) is 25.5. The van der Waals surface area contributed by atoms with Gasteiger partial charge in [0.05, 0.1) is 28.9 Å². The average Bonchev–Trinajstić information content (AvgIpc) is 3.43. The number of likely N-dealkylation sites (tertiary alicyclic amines) is 1. The Hall–Kier alpha value is -5.24. The first-order valence-electron chi connectivity index (χ1n) is 15.7. The van der Waals surface area contributed by atoms with Crippen LogP contribution in [0.2, 0.25) is 0 Å². The zero-order chi connectivity index (χ0) is 31.9. The molecule has 4 aromatic carbocycles. The molecule has 2 aliphatic heterocycles. The smallest absolute Gasteiger partial charge is 0.260 e. The monoisotopic (exact) mass is 611 g/mol. The highest BCUT2D eigenvalue weighted by molar-refractivity contribution is 6.13. The number of carbonyl (C=O) groups excluding carboxylic acids is 4. The van der Waals surface area contributed by atoms with Crippen molar-refractivity contribution in [3.05, 3.63) is 119 Å². The molecular formula is C38H33N3O5. The first-order chi connectivity index (χ1) is 22.2. The predicted molar refractivity (Wildman–Crippen MR) is 172 cm³/mol. The number of benzene rings is 4. The number of carbonyl (C=O) groups is 4. The van der Waals surface area contributed by atoms with Gasteiger partial charge >= 0.3 is 0 Å². The van der Waals surface area contributed by atoms with Gasteiger partial charge in [-0.3, -0.25) is 29.5 Å². The average molecular weight is 612 g/mol. The number of nitrogens with zero attached hydrogens (tertiary/aromatic N) is 2. The Bertz CT molecular complexity index is 1990. The lowest BCUT2D eigenvalue weighted by atomic mass is 9.49. The van der Waals surface area contributed by atoms with Gasteiger partial charge in [0.15, 0.2) is 0 Å². The summed E-state index contributed by atoms with van der Waals surface area (Å²) in [5, 5.41) is 14.6. The molecule has 46 heavy (non-hydrogen) atoms. The van der Waals surface area contributed by atoms with Crippen LogP contribution in [0.1, 0.15) is 35.4 Å². The number of allylic oxidation sites excluding steroid dienone is 2. The van der Waals surface area contributed by atoms with E-state index in [2.05, 4.69) is 5.43 Å². The van der Waals surface area contributed by atoms with Gasteiger partial charge in [0.25, 0.3) is 11.8 Å². The van der Waals surface area contributed by atoms with Gasteiger partial charge in [0.2, 0.25) is 11.8 Å². The fourth-order valence-corrected chi connectivity index (χ4v) is 8.75. The van der Waals surface area contributed by atoms with Crippen LogP contribution in [-0.2, 0) is 24.6 Å². The van der Waals surface area contributed by atoms with Crippen LogP contribution >= 0.6 is 0 Å². The van der Waals surface area contributed by atoms with Crippen LogP contribution in [0, 0.1) is 30.6 Å². The number of rotatable bonds is 4. The van der Waals surface area contributed by atoms with E-state index in [1.165, 1.54) is 11.9 Å². The molecule has 2 heterocycles. The molecule has 0 aromatic heterocycles. The van der Waals surface area contributed by atoms with Crippen molar-refractivity contribution in [1.82, 2.24) is 9.91 Å². The van der Waals surface area contributed by atoms with Crippen LogP contribution in [0.4, 0.5) is 5.69 Å². The van der Waals surface area contributed by atoms with Crippen molar-refractivity contribution in [1.29, 1.82) is 0 Å². The topological polar surface area (TPSA) is 107 Å². The van der Waals surface area contributed by atoms with Crippen molar-refractivity contribution in [2.24, 2.45) is 23.7 Å². The van der Waals surface area contributed by atoms with Crippen LogP contribution in [0.5, 0.6) is 5.75 Å². The first kappa shape index (κ1) is 28.2. The van der Waals surface area contributed by atoms with E-state index < -0.39 is 46.8 Å². The molecule has 4 amide bonds. The van der Waals surface area contributed by atoms with Gasteiger partial charge in [-0.2, -0.15) is 5.01 Å². The third-order valence-electron chi connectivity index (χ3n) is 10.9. The van der Waals surface area contributed by atoms with Crippen molar-refractivity contribution in [3.63, 3.8) is 0 Å². The molecule has 2 N–H and O–H groups in total. The summed E-state index contributed by atoms with van der Waals surface area (Å²) in [6.45, 7) is 1.96. The molecule has 8 heteroatoms. The number of aromatic hydroxyl groups is 1. The number of aryl methyl sites for hydroxylation is 1. The number of nitrogens with one attached hydrogen (secondary N) is 1. The van der Waals surface area contributed by atoms with Gasteiger partial charge in [0, 0.05) is 23.9 Å². The van der Waals surface area contributed by atoms with E-state index in [0.29, 0.717) is 28.6 Å². The summed E-state index contributed by atoms with van der Waals surface area (Å²) >= 11 is 0. The molecule has 4 aliphatic rings. The molecule has 2 aliphatic carbocycles. The maximum atomic E-state index is 15.2. The van der Waals surface area contributed by atoms with Crippen LogP contribution in [0.15, 0.2) is 103 Å². The minimum atomic E-state index is -1.43. The molecule has 0 radical (unpaired) electrons. The third kappa shape index (κ3) is 3.73. The van der Waals surface area contributed by atoms with E-state index in [1.54, 1.807) is 0 Å². The summed E-state index contributed by atoms with van der Waals surface area (Å²) in [6.07, 6.45) is 2.57. The fourth-order valence-electron chi connectivity index (χ4n) is 8.75. The van der Waals surface area contributed by atoms with Gasteiger partial charge in [-0.1, -0.05) is 96.1 Å². The summed E-state index contributed by atoms with van der Waals surface area (Å²) in [6, 6.07) is 28.1. The van der Waals surface area contributed by atoms with Crippen molar-refractivity contribution >= 4 is 40.1 Å². The molecule has 230 valence electrons. The number of hydrogen-bond acceptors (Lipinski definition) is 6. The van der Waals surface area contributed by atoms with E-state index in [-0.39, 0.29) is 24.0 Å². The van der Waals surface area contributed by atoms with Crippen molar-refractivity contribution in [2.45, 2.75) is 31.1 Å². The van der Waals surface area contributed by atoms with E-state index in [0.717, 1.165) is 21.5 Å². The molecule has 8 nitrogen and oxygen atoms in total. The SMILES string of the molecule is Cc1ccc(NN2C(=O)[C@@H]3C[C@@H]4C(=CC[C@@H]5C(=O)N(C)C(=O)[C@@H]54)[C@H](c4ccc5ccccc5c4O)[C@]3(c3ccccc3)C2=O)cc1. The van der Waals surface area contributed by atoms with Crippen molar-refractivity contribution in [2.75, 3.05) is 12.5 Å². The zero-order valence-electron chi connectivity index (χ0n) is 25.5. The Kier molecular flexibility index (Phi) is 6.23.